The molecule has 0 radical (unpaired) electrons. The molecule has 0 bridgehead atoms. The van der Waals surface area contributed by atoms with E-state index in [4.69, 9.17) is 4.74 Å². The van der Waals surface area contributed by atoms with E-state index in [1.807, 2.05) is 31.2 Å². The minimum absolute atomic E-state index is 0.0783. The van der Waals surface area contributed by atoms with Crippen LogP contribution < -0.4 is 16.1 Å². The second-order valence-corrected chi connectivity index (χ2v) is 9.83. The summed E-state index contributed by atoms with van der Waals surface area (Å²) in [5, 5.41) is 9.35. The van der Waals surface area contributed by atoms with Gasteiger partial charge in [0, 0.05) is 24.4 Å². The number of allylic oxidation sites excluding steroid dienone is 4. The Morgan fingerprint density at radius 3 is 2.51 bits per heavy atom. The van der Waals surface area contributed by atoms with Crippen molar-refractivity contribution in [3.8, 4) is 5.75 Å². The highest BCUT2D eigenvalue weighted by atomic mass is 16.5. The molecule has 3 aliphatic rings. The predicted octanol–water partition coefficient (Wildman–Crippen LogP) is 1.50. The highest BCUT2D eigenvalue weighted by Crippen LogP contribution is 2.61. The number of carbonyl (C=O) groups is 2. The molecular weight excluding hydrogens is 450 g/mol. The van der Waals surface area contributed by atoms with Crippen molar-refractivity contribution in [3.05, 3.63) is 73.6 Å². The van der Waals surface area contributed by atoms with Gasteiger partial charge in [0.1, 0.15) is 12.4 Å². The number of aliphatic hydroxyl groups is 1. The molecule has 4 atom stereocenters. The number of aromatic nitrogens is 3. The third kappa shape index (κ3) is 3.03. The van der Waals surface area contributed by atoms with Gasteiger partial charge in [-0.3, -0.25) is 9.59 Å². The number of Topliss-reactive ketones (excluding diaryl/α,β-unsaturated/α-hetero) is 2. The van der Waals surface area contributed by atoms with E-state index < -0.39 is 34.7 Å². The van der Waals surface area contributed by atoms with Crippen LogP contribution in [0, 0.1) is 11.3 Å². The predicted molar refractivity (Wildman–Crippen MR) is 127 cm³/mol. The number of carbonyl (C=O) groups excluding carboxylic acids is 2. The summed E-state index contributed by atoms with van der Waals surface area (Å²) in [5.41, 5.74) is 0.485. The van der Waals surface area contributed by atoms with Gasteiger partial charge in [0.05, 0.1) is 24.6 Å². The maximum Gasteiger partial charge on any atom is 0.347 e. The Kier molecular flexibility index (Phi) is 5.36. The van der Waals surface area contributed by atoms with E-state index in [0.717, 1.165) is 15.7 Å². The van der Waals surface area contributed by atoms with Crippen LogP contribution in [0.5, 0.6) is 5.75 Å². The summed E-state index contributed by atoms with van der Waals surface area (Å²) in [7, 11) is 1.44. The van der Waals surface area contributed by atoms with Crippen LogP contribution in [-0.2, 0) is 23.2 Å². The number of benzene rings is 1. The number of ketones is 2. The molecule has 0 spiro atoms. The second-order valence-electron chi connectivity index (χ2n) is 9.83. The number of hydrogen-bond donors (Lipinski definition) is 1. The monoisotopic (exact) mass is 479 g/mol. The highest BCUT2D eigenvalue weighted by molar-refractivity contribution is 6.15. The fourth-order valence-corrected chi connectivity index (χ4v) is 6.30. The smallest absolute Gasteiger partial charge is 0.347 e. The van der Waals surface area contributed by atoms with Gasteiger partial charge in [-0.2, -0.15) is 0 Å². The average Bonchev–Trinajstić information content (AvgIpc) is 3.08. The molecule has 1 fully saturated rings. The fourth-order valence-electron chi connectivity index (χ4n) is 6.30. The molecule has 35 heavy (non-hydrogen) atoms. The molecule has 0 amide bonds. The number of ether oxygens (including phenoxy) is 1. The van der Waals surface area contributed by atoms with E-state index in [-0.39, 0.29) is 37.7 Å². The van der Waals surface area contributed by atoms with Gasteiger partial charge in [-0.1, -0.05) is 31.2 Å². The Morgan fingerprint density at radius 2 is 1.80 bits per heavy atom. The molecule has 1 N–H and O–H groups in total. The summed E-state index contributed by atoms with van der Waals surface area (Å²) >= 11 is 0. The molecule has 2 aliphatic carbocycles. The molecule has 1 aromatic heterocycles. The minimum atomic E-state index is -1.09. The third-order valence-electron chi connectivity index (χ3n) is 8.20. The summed E-state index contributed by atoms with van der Waals surface area (Å²) in [6.45, 7) is 5.31. The van der Waals surface area contributed by atoms with Crippen LogP contribution in [0.1, 0.15) is 44.7 Å². The fraction of sp³-hybridized carbons (Fsp3) is 0.462. The molecule has 184 valence electrons. The standard InChI is InChI=1S/C26H29N3O6/c1-14-15(2)23(32)26(3)18(22(14)31)13-19-16(9-10-28-24(33)27(4)25(34)29(19)28)21(26)17-7-5-6-8-20(17)35-12-11-30/h5-9,18-19,21,30H,10-13H2,1-4H3/t18-,19+,21+,26+/m0/s1. The minimum Gasteiger partial charge on any atom is -0.491 e. The molecule has 1 aliphatic heterocycles. The van der Waals surface area contributed by atoms with Gasteiger partial charge < -0.3 is 9.84 Å². The maximum absolute atomic E-state index is 13.9. The zero-order valence-corrected chi connectivity index (χ0v) is 20.3. The normalized spacial score (nSPS) is 27.8. The zero-order chi connectivity index (χ0) is 25.2. The maximum atomic E-state index is 13.9. The van der Waals surface area contributed by atoms with Gasteiger partial charge in [-0.05, 0) is 43.1 Å². The molecule has 1 aromatic carbocycles. The number of aliphatic hydroxyl groups excluding tert-OH is 1. The topological polar surface area (TPSA) is 113 Å². The summed E-state index contributed by atoms with van der Waals surface area (Å²) in [5.74, 6) is -0.919. The number of nitrogens with zero attached hydrogens (tertiary/aromatic N) is 3. The molecule has 9 heteroatoms. The van der Waals surface area contributed by atoms with Crippen LogP contribution in [0.2, 0.25) is 0 Å². The van der Waals surface area contributed by atoms with Gasteiger partial charge in [0.2, 0.25) is 0 Å². The van der Waals surface area contributed by atoms with Crippen molar-refractivity contribution in [3.63, 3.8) is 0 Å². The van der Waals surface area contributed by atoms with E-state index >= 15 is 0 Å². The van der Waals surface area contributed by atoms with Crippen LogP contribution in [0.15, 0.2) is 56.6 Å². The SMILES string of the molecule is CC1=C(C)C(=O)[C@@]2(C)[C@@H](c3ccccc3OCCO)C3=CCn4c(=O)n(C)c(=O)n4[C@@H]3C[C@H]2C1=O. The van der Waals surface area contributed by atoms with Crippen molar-refractivity contribution in [1.29, 1.82) is 0 Å². The Morgan fingerprint density at radius 1 is 1.09 bits per heavy atom. The van der Waals surface area contributed by atoms with E-state index in [0.29, 0.717) is 16.9 Å². The van der Waals surface area contributed by atoms with Crippen LogP contribution >= 0.6 is 0 Å². The Labute approximate surface area is 201 Å². The van der Waals surface area contributed by atoms with Crippen molar-refractivity contribution in [2.45, 2.75) is 45.7 Å². The highest BCUT2D eigenvalue weighted by Gasteiger charge is 2.60. The van der Waals surface area contributed by atoms with Crippen LogP contribution in [0.4, 0.5) is 0 Å². The summed E-state index contributed by atoms with van der Waals surface area (Å²) in [6.07, 6.45) is 2.16. The Balaban J connectivity index is 1.80. The molecule has 9 nitrogen and oxygen atoms in total. The summed E-state index contributed by atoms with van der Waals surface area (Å²) in [4.78, 5) is 53.4. The quantitative estimate of drug-likeness (QED) is 0.665. The lowest BCUT2D eigenvalue weighted by molar-refractivity contribution is -0.140. The van der Waals surface area contributed by atoms with Crippen molar-refractivity contribution >= 4 is 11.6 Å². The second kappa shape index (κ2) is 8.05. The summed E-state index contributed by atoms with van der Waals surface area (Å²) < 4.78 is 9.77. The average molecular weight is 480 g/mol. The first kappa shape index (κ1) is 23.3. The van der Waals surface area contributed by atoms with Crippen LogP contribution in [0.3, 0.4) is 0 Å². The summed E-state index contributed by atoms with van der Waals surface area (Å²) in [6, 6.07) is 6.76. The first-order chi connectivity index (χ1) is 16.6. The van der Waals surface area contributed by atoms with E-state index in [9.17, 15) is 24.3 Å². The molecule has 5 rings (SSSR count). The van der Waals surface area contributed by atoms with Crippen molar-refractivity contribution < 1.29 is 19.4 Å². The largest absolute Gasteiger partial charge is 0.491 e. The Hall–Kier alpha value is -3.46. The van der Waals surface area contributed by atoms with Gasteiger partial charge in [0.15, 0.2) is 11.6 Å². The lowest BCUT2D eigenvalue weighted by atomic mass is 9.50. The van der Waals surface area contributed by atoms with E-state index in [1.54, 1.807) is 19.9 Å². The van der Waals surface area contributed by atoms with Gasteiger partial charge >= 0.3 is 11.4 Å². The lowest BCUT2D eigenvalue weighted by Crippen LogP contribution is -2.55. The lowest BCUT2D eigenvalue weighted by Gasteiger charge is -2.53. The van der Waals surface area contributed by atoms with Crippen LogP contribution in [0.25, 0.3) is 0 Å². The number of rotatable bonds is 4. The first-order valence-electron chi connectivity index (χ1n) is 11.8. The molecule has 0 unspecified atom stereocenters. The molecule has 0 saturated heterocycles. The van der Waals surface area contributed by atoms with E-state index in [2.05, 4.69) is 0 Å². The van der Waals surface area contributed by atoms with Crippen molar-refractivity contribution in [2.75, 3.05) is 13.2 Å². The van der Waals surface area contributed by atoms with Crippen LogP contribution in [-0.4, -0.2) is 43.8 Å². The van der Waals surface area contributed by atoms with Crippen molar-refractivity contribution in [1.82, 2.24) is 13.9 Å². The number of para-hydroxylation sites is 1. The zero-order valence-electron chi connectivity index (χ0n) is 20.3. The Bertz CT molecular complexity index is 1440. The molecule has 1 saturated carbocycles. The number of hydrogen-bond acceptors (Lipinski definition) is 6. The van der Waals surface area contributed by atoms with Gasteiger partial charge in [-0.15, -0.1) is 0 Å². The third-order valence-corrected chi connectivity index (χ3v) is 8.20. The van der Waals surface area contributed by atoms with Gasteiger partial charge in [-0.25, -0.2) is 23.5 Å². The number of fused-ring (bicyclic) bond motifs is 4. The first-order valence-corrected chi connectivity index (χ1v) is 11.8. The van der Waals surface area contributed by atoms with Crippen molar-refractivity contribution in [2.24, 2.45) is 18.4 Å². The molecular formula is C26H29N3O6. The molecule has 2 heterocycles. The van der Waals surface area contributed by atoms with E-state index in [1.165, 1.54) is 16.4 Å². The van der Waals surface area contributed by atoms with Gasteiger partial charge in [0.25, 0.3) is 0 Å². The molecule has 2 aromatic rings.